The number of pyridine rings is 1. The zero-order chi connectivity index (χ0) is 15.9. The Morgan fingerprint density at radius 2 is 2.09 bits per heavy atom. The van der Waals surface area contributed by atoms with Gasteiger partial charge in [-0.05, 0) is 34.5 Å². The fourth-order valence-corrected chi connectivity index (χ4v) is 3.34. The second kappa shape index (κ2) is 5.47. The number of nitrogens with zero attached hydrogens (tertiary/aromatic N) is 1. The van der Waals surface area contributed by atoms with E-state index in [9.17, 15) is 14.7 Å². The van der Waals surface area contributed by atoms with Crippen LogP contribution in [0.2, 0.25) is 5.02 Å². The first kappa shape index (κ1) is 14.6. The third kappa shape index (κ3) is 2.58. The number of benzene rings is 1. The molecule has 2 N–H and O–H groups in total. The highest BCUT2D eigenvalue weighted by Gasteiger charge is 2.14. The molecule has 7 heteroatoms. The van der Waals surface area contributed by atoms with Crippen LogP contribution in [0.3, 0.4) is 0 Å². The standard InChI is InChI=1S/C15H10ClNO4S/c16-9-1-2-13-10(3-9)8(7-22-13)4-17-5-11(15(20)21)14(19)12(18)6-17/h1-3,5-7,18H,4H2,(H,20,21). The molecular weight excluding hydrogens is 326 g/mol. The van der Waals surface area contributed by atoms with Crippen LogP contribution in [0.5, 0.6) is 5.75 Å². The van der Waals surface area contributed by atoms with E-state index in [-0.39, 0.29) is 0 Å². The molecule has 5 nitrogen and oxygen atoms in total. The fraction of sp³-hybridized carbons (Fsp3) is 0.0667. The second-order valence-corrected chi connectivity index (χ2v) is 6.11. The first-order chi connectivity index (χ1) is 10.5. The van der Waals surface area contributed by atoms with E-state index in [1.54, 1.807) is 17.4 Å². The van der Waals surface area contributed by atoms with Gasteiger partial charge in [0.1, 0.15) is 5.56 Å². The van der Waals surface area contributed by atoms with Crippen molar-refractivity contribution in [3.8, 4) is 5.75 Å². The molecule has 0 aliphatic rings. The maximum absolute atomic E-state index is 11.6. The number of aromatic carboxylic acids is 1. The lowest BCUT2D eigenvalue weighted by molar-refractivity contribution is 0.0694. The number of thiophene rings is 1. The van der Waals surface area contributed by atoms with Gasteiger partial charge >= 0.3 is 5.97 Å². The van der Waals surface area contributed by atoms with Gasteiger partial charge in [-0.2, -0.15) is 0 Å². The Hall–Kier alpha value is -2.31. The van der Waals surface area contributed by atoms with E-state index in [2.05, 4.69) is 0 Å². The Bertz CT molecular complexity index is 944. The van der Waals surface area contributed by atoms with Gasteiger partial charge in [-0.25, -0.2) is 4.79 Å². The van der Waals surface area contributed by atoms with Gasteiger partial charge in [0.25, 0.3) is 0 Å². The van der Waals surface area contributed by atoms with Crippen LogP contribution in [0.25, 0.3) is 10.1 Å². The van der Waals surface area contributed by atoms with Crippen molar-refractivity contribution in [1.82, 2.24) is 4.57 Å². The number of halogens is 1. The number of hydrogen-bond donors (Lipinski definition) is 2. The average molecular weight is 336 g/mol. The van der Waals surface area contributed by atoms with Crippen LogP contribution in [0.4, 0.5) is 0 Å². The normalized spacial score (nSPS) is 11.0. The van der Waals surface area contributed by atoms with E-state index in [0.29, 0.717) is 11.6 Å². The first-order valence-electron chi connectivity index (χ1n) is 6.27. The molecular formula is C15H10ClNO4S. The van der Waals surface area contributed by atoms with Crippen LogP contribution < -0.4 is 5.43 Å². The Morgan fingerprint density at radius 1 is 1.32 bits per heavy atom. The summed E-state index contributed by atoms with van der Waals surface area (Å²) in [6.45, 7) is 0.328. The van der Waals surface area contributed by atoms with Gasteiger partial charge in [0.15, 0.2) is 5.75 Å². The number of fused-ring (bicyclic) bond motifs is 1. The van der Waals surface area contributed by atoms with E-state index < -0.39 is 22.7 Å². The molecule has 22 heavy (non-hydrogen) atoms. The van der Waals surface area contributed by atoms with Gasteiger partial charge in [0.05, 0.1) is 6.20 Å². The number of carboxylic acid groups (broad SMARTS) is 1. The summed E-state index contributed by atoms with van der Waals surface area (Å²) in [5.41, 5.74) is -0.415. The summed E-state index contributed by atoms with van der Waals surface area (Å²) in [5, 5.41) is 22.1. The molecule has 0 unspecified atom stereocenters. The molecule has 0 bridgehead atoms. The Morgan fingerprint density at radius 3 is 2.82 bits per heavy atom. The fourth-order valence-electron chi connectivity index (χ4n) is 2.23. The molecule has 0 saturated heterocycles. The van der Waals surface area contributed by atoms with Crippen LogP contribution in [0, 0.1) is 0 Å². The highest BCUT2D eigenvalue weighted by Crippen LogP contribution is 2.29. The van der Waals surface area contributed by atoms with Crippen molar-refractivity contribution in [2.45, 2.75) is 6.54 Å². The molecule has 2 aromatic heterocycles. The topological polar surface area (TPSA) is 79.5 Å². The van der Waals surface area contributed by atoms with E-state index in [1.165, 1.54) is 17.0 Å². The number of hydrogen-bond acceptors (Lipinski definition) is 4. The van der Waals surface area contributed by atoms with Gasteiger partial charge in [0, 0.05) is 22.5 Å². The quantitative estimate of drug-likeness (QED) is 0.770. The van der Waals surface area contributed by atoms with Gasteiger partial charge in [-0.3, -0.25) is 4.79 Å². The summed E-state index contributed by atoms with van der Waals surface area (Å²) in [6, 6.07) is 5.55. The minimum atomic E-state index is -1.37. The highest BCUT2D eigenvalue weighted by atomic mass is 35.5. The van der Waals surface area contributed by atoms with Crippen molar-refractivity contribution in [2.75, 3.05) is 0 Å². The van der Waals surface area contributed by atoms with Crippen LogP contribution in [0.1, 0.15) is 15.9 Å². The van der Waals surface area contributed by atoms with Gasteiger partial charge < -0.3 is 14.8 Å². The molecule has 1 aromatic carbocycles. The number of carboxylic acids is 1. The van der Waals surface area contributed by atoms with Crippen molar-refractivity contribution in [1.29, 1.82) is 0 Å². The molecule has 0 fully saturated rings. The minimum Gasteiger partial charge on any atom is -0.503 e. The van der Waals surface area contributed by atoms with Crippen molar-refractivity contribution in [3.63, 3.8) is 0 Å². The molecule has 0 amide bonds. The zero-order valence-electron chi connectivity index (χ0n) is 11.1. The molecule has 0 atom stereocenters. The molecule has 0 saturated carbocycles. The van der Waals surface area contributed by atoms with E-state index >= 15 is 0 Å². The van der Waals surface area contributed by atoms with E-state index in [0.717, 1.165) is 15.6 Å². The minimum absolute atomic E-state index is 0.328. The smallest absolute Gasteiger partial charge is 0.341 e. The lowest BCUT2D eigenvalue weighted by Crippen LogP contribution is -2.17. The number of aromatic nitrogens is 1. The summed E-state index contributed by atoms with van der Waals surface area (Å²) >= 11 is 7.55. The van der Waals surface area contributed by atoms with Crippen molar-refractivity contribution < 1.29 is 15.0 Å². The molecule has 0 aliphatic carbocycles. The second-order valence-electron chi connectivity index (χ2n) is 4.77. The van der Waals surface area contributed by atoms with Crippen LogP contribution in [0.15, 0.2) is 40.8 Å². The van der Waals surface area contributed by atoms with Gasteiger partial charge in [-0.15, -0.1) is 11.3 Å². The number of aromatic hydroxyl groups is 1. The third-order valence-electron chi connectivity index (χ3n) is 3.26. The Labute approximate surface area is 133 Å². The monoisotopic (exact) mass is 335 g/mol. The molecule has 3 rings (SSSR count). The Balaban J connectivity index is 2.07. The lowest BCUT2D eigenvalue weighted by atomic mass is 10.1. The predicted molar refractivity (Wildman–Crippen MR) is 85.3 cm³/mol. The van der Waals surface area contributed by atoms with Crippen LogP contribution in [-0.2, 0) is 6.54 Å². The summed E-state index contributed by atoms with van der Waals surface area (Å²) in [7, 11) is 0. The van der Waals surface area contributed by atoms with Crippen LogP contribution >= 0.6 is 22.9 Å². The summed E-state index contributed by atoms with van der Waals surface area (Å²) < 4.78 is 2.53. The summed E-state index contributed by atoms with van der Waals surface area (Å²) in [5.74, 6) is -1.95. The first-order valence-corrected chi connectivity index (χ1v) is 7.53. The summed E-state index contributed by atoms with van der Waals surface area (Å²) in [4.78, 5) is 22.6. The molecule has 0 radical (unpaired) electrons. The molecule has 0 aliphatic heterocycles. The third-order valence-corrected chi connectivity index (χ3v) is 4.51. The number of carbonyl (C=O) groups is 1. The zero-order valence-corrected chi connectivity index (χ0v) is 12.7. The number of rotatable bonds is 3. The Kier molecular flexibility index (Phi) is 3.64. The maximum Gasteiger partial charge on any atom is 0.341 e. The molecule has 112 valence electrons. The van der Waals surface area contributed by atoms with Crippen molar-refractivity contribution in [2.24, 2.45) is 0 Å². The average Bonchev–Trinajstić information content (AvgIpc) is 2.84. The molecule has 0 spiro atoms. The van der Waals surface area contributed by atoms with E-state index in [1.807, 2.05) is 17.5 Å². The SMILES string of the molecule is O=C(O)c1cn(Cc2csc3ccc(Cl)cc23)cc(O)c1=O. The maximum atomic E-state index is 11.6. The van der Waals surface area contributed by atoms with Crippen molar-refractivity contribution in [3.05, 3.63) is 62.3 Å². The largest absolute Gasteiger partial charge is 0.503 e. The van der Waals surface area contributed by atoms with Crippen molar-refractivity contribution >= 4 is 39.0 Å². The predicted octanol–water partition coefficient (Wildman–Crippen LogP) is 3.17. The lowest BCUT2D eigenvalue weighted by Gasteiger charge is -2.08. The molecule has 3 aromatic rings. The molecule has 2 heterocycles. The van der Waals surface area contributed by atoms with Crippen LogP contribution in [-0.4, -0.2) is 20.7 Å². The van der Waals surface area contributed by atoms with Gasteiger partial charge in [-0.1, -0.05) is 11.6 Å². The van der Waals surface area contributed by atoms with Gasteiger partial charge in [0.2, 0.25) is 5.43 Å². The van der Waals surface area contributed by atoms with E-state index in [4.69, 9.17) is 16.7 Å². The highest BCUT2D eigenvalue weighted by molar-refractivity contribution is 7.17. The summed E-state index contributed by atoms with van der Waals surface area (Å²) in [6.07, 6.45) is 2.45.